The Bertz CT molecular complexity index is 985. The van der Waals surface area contributed by atoms with Crippen LogP contribution in [0, 0.1) is 6.92 Å². The monoisotopic (exact) mass is 417 g/mol. The van der Waals surface area contributed by atoms with Crippen molar-refractivity contribution in [2.24, 2.45) is 0 Å². The summed E-state index contributed by atoms with van der Waals surface area (Å²) in [6.45, 7) is 6.54. The van der Waals surface area contributed by atoms with E-state index >= 15 is 0 Å². The Labute approximate surface area is 182 Å². The summed E-state index contributed by atoms with van der Waals surface area (Å²) in [4.78, 5) is 16.7. The predicted octanol–water partition coefficient (Wildman–Crippen LogP) is 3.64. The van der Waals surface area contributed by atoms with Gasteiger partial charge in [-0.2, -0.15) is 0 Å². The third-order valence-corrected chi connectivity index (χ3v) is 5.29. The molecule has 1 atom stereocenters. The molecule has 160 valence electrons. The van der Waals surface area contributed by atoms with Crippen LogP contribution in [0.15, 0.2) is 66.7 Å². The van der Waals surface area contributed by atoms with Crippen molar-refractivity contribution in [1.82, 2.24) is 15.1 Å². The number of carbonyl (C=O) groups is 1. The van der Waals surface area contributed by atoms with Crippen LogP contribution in [0.5, 0.6) is 5.75 Å². The van der Waals surface area contributed by atoms with Gasteiger partial charge in [-0.15, -0.1) is 10.2 Å². The van der Waals surface area contributed by atoms with Gasteiger partial charge in [0.1, 0.15) is 5.75 Å². The molecule has 7 nitrogen and oxygen atoms in total. The molecule has 3 aromatic rings. The lowest BCUT2D eigenvalue weighted by Gasteiger charge is -2.36. The van der Waals surface area contributed by atoms with Gasteiger partial charge < -0.3 is 19.9 Å². The zero-order valence-corrected chi connectivity index (χ0v) is 17.9. The van der Waals surface area contributed by atoms with Crippen molar-refractivity contribution < 1.29 is 9.53 Å². The van der Waals surface area contributed by atoms with Crippen molar-refractivity contribution in [2.45, 2.75) is 20.0 Å². The topological polar surface area (TPSA) is 70.6 Å². The molecule has 31 heavy (non-hydrogen) atoms. The third kappa shape index (κ3) is 5.31. The Morgan fingerprint density at radius 3 is 2.29 bits per heavy atom. The smallest absolute Gasteiger partial charge is 0.263 e. The van der Waals surface area contributed by atoms with E-state index in [0.29, 0.717) is 37.7 Å². The van der Waals surface area contributed by atoms with E-state index in [1.807, 2.05) is 59.5 Å². The van der Waals surface area contributed by atoms with Crippen LogP contribution in [-0.4, -0.2) is 53.3 Å². The number of ether oxygens (including phenoxy) is 1. The first-order chi connectivity index (χ1) is 15.1. The Morgan fingerprint density at radius 1 is 0.935 bits per heavy atom. The highest BCUT2D eigenvalue weighted by atomic mass is 16.5. The van der Waals surface area contributed by atoms with Crippen LogP contribution in [0.1, 0.15) is 12.5 Å². The standard InChI is InChI=1S/C24H27N5O2/c1-18-8-10-20(11-9-18)25-22-12-13-23(27-26-22)28-14-16-29(17-15-28)24(30)19(2)31-21-6-4-3-5-7-21/h3-13,19H,14-17H2,1-2H3,(H,25,26). The second-order valence-corrected chi connectivity index (χ2v) is 7.65. The van der Waals surface area contributed by atoms with Crippen molar-refractivity contribution >= 4 is 23.2 Å². The molecule has 1 aliphatic heterocycles. The number of para-hydroxylation sites is 1. The van der Waals surface area contributed by atoms with E-state index in [1.54, 1.807) is 6.92 Å². The molecule has 0 bridgehead atoms. The summed E-state index contributed by atoms with van der Waals surface area (Å²) < 4.78 is 5.78. The summed E-state index contributed by atoms with van der Waals surface area (Å²) in [7, 11) is 0. The number of benzene rings is 2. The number of rotatable bonds is 6. The fourth-order valence-corrected chi connectivity index (χ4v) is 3.51. The molecule has 1 aromatic heterocycles. The molecule has 1 saturated heterocycles. The van der Waals surface area contributed by atoms with Gasteiger partial charge in [-0.1, -0.05) is 35.9 Å². The molecule has 0 spiro atoms. The number of hydrogen-bond acceptors (Lipinski definition) is 6. The van der Waals surface area contributed by atoms with Crippen molar-refractivity contribution in [2.75, 3.05) is 36.4 Å². The van der Waals surface area contributed by atoms with Crippen LogP contribution < -0.4 is 15.0 Å². The largest absolute Gasteiger partial charge is 0.481 e. The number of nitrogens with zero attached hydrogens (tertiary/aromatic N) is 4. The summed E-state index contributed by atoms with van der Waals surface area (Å²) in [5.41, 5.74) is 2.19. The number of carbonyl (C=O) groups excluding carboxylic acids is 1. The molecule has 1 amide bonds. The Morgan fingerprint density at radius 2 is 1.65 bits per heavy atom. The van der Waals surface area contributed by atoms with Crippen molar-refractivity contribution in [3.05, 3.63) is 72.3 Å². The number of hydrogen-bond donors (Lipinski definition) is 1. The number of aromatic nitrogens is 2. The number of aryl methyl sites for hydroxylation is 1. The maximum Gasteiger partial charge on any atom is 0.263 e. The Kier molecular flexibility index (Phi) is 6.31. The van der Waals surface area contributed by atoms with E-state index in [0.717, 1.165) is 11.5 Å². The fraction of sp³-hybridized carbons (Fsp3) is 0.292. The van der Waals surface area contributed by atoms with Gasteiger partial charge in [0, 0.05) is 31.9 Å². The van der Waals surface area contributed by atoms with Crippen LogP contribution in [0.25, 0.3) is 0 Å². The molecular weight excluding hydrogens is 390 g/mol. The van der Waals surface area contributed by atoms with Crippen molar-refractivity contribution in [3.63, 3.8) is 0 Å². The van der Waals surface area contributed by atoms with Crippen LogP contribution >= 0.6 is 0 Å². The first-order valence-electron chi connectivity index (χ1n) is 10.5. The Balaban J connectivity index is 1.29. The van der Waals surface area contributed by atoms with E-state index in [-0.39, 0.29) is 5.91 Å². The van der Waals surface area contributed by atoms with Crippen molar-refractivity contribution in [3.8, 4) is 5.75 Å². The second kappa shape index (κ2) is 9.47. The van der Waals surface area contributed by atoms with Gasteiger partial charge in [-0.3, -0.25) is 4.79 Å². The van der Waals surface area contributed by atoms with E-state index in [9.17, 15) is 4.79 Å². The van der Waals surface area contributed by atoms with Gasteiger partial charge in [-0.25, -0.2) is 0 Å². The Hall–Kier alpha value is -3.61. The molecular formula is C24H27N5O2. The maximum atomic E-state index is 12.7. The molecule has 0 radical (unpaired) electrons. The number of amides is 1. The SMILES string of the molecule is Cc1ccc(Nc2ccc(N3CCN(C(=O)C(C)Oc4ccccc4)CC3)nn2)cc1. The lowest BCUT2D eigenvalue weighted by molar-refractivity contribution is -0.138. The molecule has 1 unspecified atom stereocenters. The van der Waals surface area contributed by atoms with Gasteiger partial charge in [0.2, 0.25) is 0 Å². The van der Waals surface area contributed by atoms with E-state index < -0.39 is 6.10 Å². The van der Waals surface area contributed by atoms with Crippen LogP contribution in [0.3, 0.4) is 0 Å². The normalized spacial score (nSPS) is 14.8. The minimum Gasteiger partial charge on any atom is -0.481 e. The van der Waals surface area contributed by atoms with E-state index in [1.165, 1.54) is 5.56 Å². The summed E-state index contributed by atoms with van der Waals surface area (Å²) in [5.74, 6) is 2.23. The van der Waals surface area contributed by atoms with Gasteiger partial charge in [0.25, 0.3) is 5.91 Å². The number of piperazine rings is 1. The average Bonchev–Trinajstić information content (AvgIpc) is 2.81. The highest BCUT2D eigenvalue weighted by Crippen LogP contribution is 2.19. The number of nitrogens with one attached hydrogen (secondary N) is 1. The lowest BCUT2D eigenvalue weighted by atomic mass is 10.2. The summed E-state index contributed by atoms with van der Waals surface area (Å²) in [6.07, 6.45) is -0.513. The summed E-state index contributed by atoms with van der Waals surface area (Å²) in [5, 5.41) is 11.9. The van der Waals surface area contributed by atoms with Gasteiger partial charge in [0.15, 0.2) is 17.7 Å². The van der Waals surface area contributed by atoms with Crippen LogP contribution in [0.2, 0.25) is 0 Å². The highest BCUT2D eigenvalue weighted by Gasteiger charge is 2.26. The van der Waals surface area contributed by atoms with Crippen LogP contribution in [0.4, 0.5) is 17.3 Å². The van der Waals surface area contributed by atoms with Gasteiger partial charge >= 0.3 is 0 Å². The third-order valence-electron chi connectivity index (χ3n) is 5.29. The molecule has 2 aromatic carbocycles. The summed E-state index contributed by atoms with van der Waals surface area (Å²) in [6, 6.07) is 21.5. The quantitative estimate of drug-likeness (QED) is 0.660. The molecule has 7 heteroatoms. The molecule has 0 saturated carbocycles. The zero-order valence-electron chi connectivity index (χ0n) is 17.9. The van der Waals surface area contributed by atoms with Gasteiger partial charge in [0.05, 0.1) is 0 Å². The molecule has 1 N–H and O–H groups in total. The van der Waals surface area contributed by atoms with E-state index in [4.69, 9.17) is 4.74 Å². The molecule has 0 aliphatic carbocycles. The molecule has 1 fully saturated rings. The molecule has 2 heterocycles. The lowest BCUT2D eigenvalue weighted by Crippen LogP contribution is -2.52. The molecule has 4 rings (SSSR count). The minimum absolute atomic E-state index is 0.00670. The zero-order chi connectivity index (χ0) is 21.6. The predicted molar refractivity (Wildman–Crippen MR) is 122 cm³/mol. The molecule has 1 aliphatic rings. The summed E-state index contributed by atoms with van der Waals surface area (Å²) >= 11 is 0. The fourth-order valence-electron chi connectivity index (χ4n) is 3.51. The van der Waals surface area contributed by atoms with Crippen LogP contribution in [-0.2, 0) is 4.79 Å². The van der Waals surface area contributed by atoms with Crippen molar-refractivity contribution in [1.29, 1.82) is 0 Å². The maximum absolute atomic E-state index is 12.7. The first-order valence-corrected chi connectivity index (χ1v) is 10.5. The highest BCUT2D eigenvalue weighted by molar-refractivity contribution is 5.81. The van der Waals surface area contributed by atoms with E-state index in [2.05, 4.69) is 39.5 Å². The second-order valence-electron chi connectivity index (χ2n) is 7.65. The van der Waals surface area contributed by atoms with Gasteiger partial charge in [-0.05, 0) is 50.2 Å². The first kappa shape index (κ1) is 20.7. The minimum atomic E-state index is -0.513. The number of anilines is 3. The average molecular weight is 418 g/mol.